The Hall–Kier alpha value is -1.25. The van der Waals surface area contributed by atoms with Gasteiger partial charge in [0, 0.05) is 4.90 Å². The van der Waals surface area contributed by atoms with Crippen molar-refractivity contribution in [2.24, 2.45) is 0 Å². The standard InChI is InChI=1S/C13H11ClOS/c1-16(14,15)13-9-7-12(8-10-13)11-5-3-2-4-6-11/h2-10H,1H2. The Kier molecular flexibility index (Phi) is 3.03. The van der Waals surface area contributed by atoms with Crippen molar-refractivity contribution in [3.8, 4) is 11.1 Å². The quantitative estimate of drug-likeness (QED) is 0.588. The Labute approximate surface area is 100 Å². The van der Waals surface area contributed by atoms with Crippen LogP contribution < -0.4 is 0 Å². The van der Waals surface area contributed by atoms with Crippen LogP contribution in [0.2, 0.25) is 0 Å². The second-order valence-electron chi connectivity index (χ2n) is 3.49. The zero-order valence-electron chi connectivity index (χ0n) is 8.60. The smallest absolute Gasteiger partial charge is 0.0759 e. The molecule has 0 saturated carbocycles. The van der Waals surface area contributed by atoms with Crippen LogP contribution in [-0.2, 0) is 8.74 Å². The van der Waals surface area contributed by atoms with Gasteiger partial charge in [-0.25, -0.2) is 4.21 Å². The van der Waals surface area contributed by atoms with Crippen molar-refractivity contribution in [1.29, 1.82) is 0 Å². The molecule has 0 aliphatic heterocycles. The molecule has 0 aromatic heterocycles. The minimum Gasteiger partial charge on any atom is -0.248 e. The van der Waals surface area contributed by atoms with Gasteiger partial charge in [0.15, 0.2) is 0 Å². The second kappa shape index (κ2) is 4.32. The molecule has 1 nitrogen and oxygen atoms in total. The summed E-state index contributed by atoms with van der Waals surface area (Å²) in [6.07, 6.45) is 0. The van der Waals surface area contributed by atoms with Crippen molar-refractivity contribution in [3.63, 3.8) is 0 Å². The Morgan fingerprint density at radius 3 is 1.88 bits per heavy atom. The molecule has 0 radical (unpaired) electrons. The lowest BCUT2D eigenvalue weighted by Crippen LogP contribution is -1.89. The summed E-state index contributed by atoms with van der Waals surface area (Å²) in [7, 11) is 3.04. The highest BCUT2D eigenvalue weighted by atomic mass is 35.7. The predicted molar refractivity (Wildman–Crippen MR) is 71.3 cm³/mol. The third-order valence-corrected chi connectivity index (χ3v) is 3.82. The molecule has 1 atom stereocenters. The van der Waals surface area contributed by atoms with Crippen molar-refractivity contribution in [2.45, 2.75) is 4.90 Å². The molecule has 0 bridgehead atoms. The highest BCUT2D eigenvalue weighted by Crippen LogP contribution is 2.22. The van der Waals surface area contributed by atoms with Crippen LogP contribution in [0.25, 0.3) is 11.1 Å². The van der Waals surface area contributed by atoms with Gasteiger partial charge in [0.1, 0.15) is 0 Å². The molecular weight excluding hydrogens is 240 g/mol. The van der Waals surface area contributed by atoms with Crippen LogP contribution in [0.15, 0.2) is 59.5 Å². The first kappa shape index (κ1) is 11.2. The van der Waals surface area contributed by atoms with E-state index < -0.39 is 8.74 Å². The van der Waals surface area contributed by atoms with Gasteiger partial charge in [-0.15, -0.1) is 0 Å². The molecule has 0 spiro atoms. The van der Waals surface area contributed by atoms with Gasteiger partial charge in [0.25, 0.3) is 0 Å². The molecule has 3 heteroatoms. The lowest BCUT2D eigenvalue weighted by atomic mass is 10.1. The van der Waals surface area contributed by atoms with E-state index in [1.54, 1.807) is 12.1 Å². The Balaban J connectivity index is 2.41. The zero-order valence-corrected chi connectivity index (χ0v) is 10.2. The minimum absolute atomic E-state index is 0.564. The molecule has 0 heterocycles. The second-order valence-corrected chi connectivity index (χ2v) is 6.64. The normalized spacial score (nSPS) is 14.3. The number of hydrogen-bond acceptors (Lipinski definition) is 1. The molecule has 0 amide bonds. The average molecular weight is 251 g/mol. The SMILES string of the molecule is C=S(=O)(Cl)c1ccc(-c2ccccc2)cc1. The average Bonchev–Trinajstić information content (AvgIpc) is 2.29. The number of hydrogen-bond donors (Lipinski definition) is 0. The van der Waals surface area contributed by atoms with Crippen LogP contribution in [0.3, 0.4) is 0 Å². The highest BCUT2D eigenvalue weighted by Gasteiger charge is 2.03. The molecular formula is C13H11ClOS. The van der Waals surface area contributed by atoms with Crippen molar-refractivity contribution in [3.05, 3.63) is 54.6 Å². The summed E-state index contributed by atoms with van der Waals surface area (Å²) in [5.41, 5.74) is 2.20. The fraction of sp³-hybridized carbons (Fsp3) is 0. The third kappa shape index (κ3) is 2.46. The van der Waals surface area contributed by atoms with Gasteiger partial charge in [-0.3, -0.25) is 0 Å². The molecule has 16 heavy (non-hydrogen) atoms. The Morgan fingerprint density at radius 2 is 1.38 bits per heavy atom. The van der Waals surface area contributed by atoms with Gasteiger partial charge in [-0.2, -0.15) is 0 Å². The summed E-state index contributed by atoms with van der Waals surface area (Å²) in [4.78, 5) is 0.564. The van der Waals surface area contributed by atoms with Crippen LogP contribution in [-0.4, -0.2) is 10.1 Å². The maximum Gasteiger partial charge on any atom is 0.0759 e. The predicted octanol–water partition coefficient (Wildman–Crippen LogP) is 3.58. The molecule has 0 fully saturated rings. The van der Waals surface area contributed by atoms with Crippen LogP contribution >= 0.6 is 10.7 Å². The van der Waals surface area contributed by atoms with Gasteiger partial charge < -0.3 is 0 Å². The molecule has 0 saturated heterocycles. The van der Waals surface area contributed by atoms with Crippen LogP contribution in [0.5, 0.6) is 0 Å². The van der Waals surface area contributed by atoms with E-state index >= 15 is 0 Å². The van der Waals surface area contributed by atoms with E-state index in [1.807, 2.05) is 42.5 Å². The molecule has 82 valence electrons. The molecule has 2 aromatic carbocycles. The first-order valence-electron chi connectivity index (χ1n) is 4.80. The van der Waals surface area contributed by atoms with E-state index in [1.165, 1.54) is 0 Å². The first-order chi connectivity index (χ1) is 7.57. The number of rotatable bonds is 2. The van der Waals surface area contributed by atoms with Crippen molar-refractivity contribution in [1.82, 2.24) is 0 Å². The van der Waals surface area contributed by atoms with Crippen molar-refractivity contribution in [2.75, 3.05) is 0 Å². The Morgan fingerprint density at radius 1 is 0.875 bits per heavy atom. The molecule has 1 unspecified atom stereocenters. The topological polar surface area (TPSA) is 17.1 Å². The zero-order chi connectivity index (χ0) is 11.6. The van der Waals surface area contributed by atoms with E-state index in [0.29, 0.717) is 4.90 Å². The monoisotopic (exact) mass is 250 g/mol. The highest BCUT2D eigenvalue weighted by molar-refractivity contribution is 8.21. The maximum atomic E-state index is 11.5. The first-order valence-corrected chi connectivity index (χ1v) is 7.35. The van der Waals surface area contributed by atoms with E-state index in [9.17, 15) is 4.21 Å². The maximum absolute atomic E-state index is 11.5. The van der Waals surface area contributed by atoms with Gasteiger partial charge in [-0.1, -0.05) is 42.5 Å². The van der Waals surface area contributed by atoms with Crippen molar-refractivity contribution >= 4 is 25.3 Å². The minimum atomic E-state index is -2.63. The largest absolute Gasteiger partial charge is 0.248 e. The fourth-order valence-corrected chi connectivity index (χ4v) is 2.33. The fourth-order valence-electron chi connectivity index (χ4n) is 1.48. The molecule has 2 aromatic rings. The van der Waals surface area contributed by atoms with E-state index in [2.05, 4.69) is 5.87 Å². The summed E-state index contributed by atoms with van der Waals surface area (Å²) in [6, 6.07) is 17.3. The van der Waals surface area contributed by atoms with Crippen LogP contribution in [0, 0.1) is 0 Å². The number of benzene rings is 2. The lowest BCUT2D eigenvalue weighted by molar-refractivity contribution is 0.689. The number of halogens is 1. The molecule has 0 aliphatic carbocycles. The van der Waals surface area contributed by atoms with E-state index in [0.717, 1.165) is 11.1 Å². The summed E-state index contributed by atoms with van der Waals surface area (Å²) in [5.74, 6) is 3.44. The van der Waals surface area contributed by atoms with E-state index in [-0.39, 0.29) is 0 Å². The Bertz CT molecular complexity index is 571. The summed E-state index contributed by atoms with van der Waals surface area (Å²) < 4.78 is 11.5. The molecule has 0 N–H and O–H groups in total. The van der Waals surface area contributed by atoms with Gasteiger partial charge in [0.2, 0.25) is 0 Å². The summed E-state index contributed by atoms with van der Waals surface area (Å²) >= 11 is 0. The van der Waals surface area contributed by atoms with Crippen LogP contribution in [0.4, 0.5) is 0 Å². The molecule has 0 aliphatic rings. The lowest BCUT2D eigenvalue weighted by Gasteiger charge is -2.03. The molecule has 2 rings (SSSR count). The van der Waals surface area contributed by atoms with Gasteiger partial charge in [-0.05, 0) is 39.8 Å². The van der Waals surface area contributed by atoms with Gasteiger partial charge >= 0.3 is 0 Å². The third-order valence-electron chi connectivity index (χ3n) is 2.31. The van der Waals surface area contributed by atoms with Crippen LogP contribution in [0.1, 0.15) is 0 Å². The van der Waals surface area contributed by atoms with E-state index in [4.69, 9.17) is 10.7 Å². The van der Waals surface area contributed by atoms with Crippen molar-refractivity contribution < 1.29 is 4.21 Å². The van der Waals surface area contributed by atoms with Gasteiger partial charge in [0.05, 0.1) is 8.74 Å². The summed E-state index contributed by atoms with van der Waals surface area (Å²) in [6.45, 7) is 0. The summed E-state index contributed by atoms with van der Waals surface area (Å²) in [5, 5.41) is 0.